The second-order valence-corrected chi connectivity index (χ2v) is 5.46. The van der Waals surface area contributed by atoms with E-state index >= 15 is 0 Å². The number of nitrogens with two attached hydrogens (primary N) is 1. The molecule has 0 saturated carbocycles. The molecule has 1 heterocycles. The SMILES string of the molecule is CCOC(=O)CCN(C(N)=O)c1nccc2ccc(Br)cc12. The zero-order valence-corrected chi connectivity index (χ0v) is 13.7. The number of nitrogens with zero attached hydrogens (tertiary/aromatic N) is 2. The highest BCUT2D eigenvalue weighted by Gasteiger charge is 2.18. The van der Waals surface area contributed by atoms with Crippen molar-refractivity contribution in [2.75, 3.05) is 18.1 Å². The Bertz CT molecular complexity index is 705. The second kappa shape index (κ2) is 7.22. The van der Waals surface area contributed by atoms with Crippen LogP contribution in [0.3, 0.4) is 0 Å². The minimum absolute atomic E-state index is 0.0584. The van der Waals surface area contributed by atoms with Crippen LogP contribution in [-0.2, 0) is 9.53 Å². The summed E-state index contributed by atoms with van der Waals surface area (Å²) in [6.45, 7) is 2.15. The van der Waals surface area contributed by atoms with Crippen LogP contribution < -0.4 is 10.6 Å². The lowest BCUT2D eigenvalue weighted by atomic mass is 10.1. The van der Waals surface area contributed by atoms with Gasteiger partial charge >= 0.3 is 12.0 Å². The van der Waals surface area contributed by atoms with Crippen LogP contribution >= 0.6 is 15.9 Å². The molecule has 0 aliphatic carbocycles. The smallest absolute Gasteiger partial charge is 0.320 e. The number of halogens is 1. The number of hydrogen-bond donors (Lipinski definition) is 1. The van der Waals surface area contributed by atoms with E-state index in [-0.39, 0.29) is 18.9 Å². The van der Waals surface area contributed by atoms with Crippen molar-refractivity contribution < 1.29 is 14.3 Å². The van der Waals surface area contributed by atoms with Gasteiger partial charge < -0.3 is 10.5 Å². The minimum Gasteiger partial charge on any atom is -0.466 e. The number of aromatic nitrogens is 1. The van der Waals surface area contributed by atoms with Crippen LogP contribution in [-0.4, -0.2) is 30.1 Å². The van der Waals surface area contributed by atoms with Crippen LogP contribution in [0.2, 0.25) is 0 Å². The van der Waals surface area contributed by atoms with E-state index in [1.165, 1.54) is 4.90 Å². The predicted molar refractivity (Wildman–Crippen MR) is 87.6 cm³/mol. The van der Waals surface area contributed by atoms with Crippen molar-refractivity contribution in [1.29, 1.82) is 0 Å². The molecule has 7 heteroatoms. The molecule has 2 rings (SSSR count). The van der Waals surface area contributed by atoms with Crippen LogP contribution in [0, 0.1) is 0 Å². The van der Waals surface area contributed by atoms with E-state index in [0.29, 0.717) is 12.4 Å². The molecule has 2 N–H and O–H groups in total. The molecule has 2 aromatic rings. The van der Waals surface area contributed by atoms with Gasteiger partial charge in [0.25, 0.3) is 0 Å². The topological polar surface area (TPSA) is 85.5 Å². The Balaban J connectivity index is 2.34. The third-order valence-electron chi connectivity index (χ3n) is 3.07. The number of carbonyl (C=O) groups is 2. The minimum atomic E-state index is -0.663. The number of benzene rings is 1. The number of amides is 2. The molecular formula is C15H16BrN3O3. The van der Waals surface area contributed by atoms with Crippen molar-refractivity contribution in [2.45, 2.75) is 13.3 Å². The number of rotatable bonds is 5. The van der Waals surface area contributed by atoms with Crippen LogP contribution in [0.5, 0.6) is 0 Å². The van der Waals surface area contributed by atoms with Crippen molar-refractivity contribution in [3.05, 3.63) is 34.9 Å². The number of urea groups is 1. The summed E-state index contributed by atoms with van der Waals surface area (Å²) in [4.78, 5) is 28.8. The van der Waals surface area contributed by atoms with Gasteiger partial charge in [0, 0.05) is 22.6 Å². The Kier molecular flexibility index (Phi) is 5.32. The van der Waals surface area contributed by atoms with Gasteiger partial charge in [-0.2, -0.15) is 0 Å². The van der Waals surface area contributed by atoms with E-state index in [1.54, 1.807) is 13.1 Å². The Hall–Kier alpha value is -2.15. The Morgan fingerprint density at radius 1 is 1.36 bits per heavy atom. The Morgan fingerprint density at radius 3 is 2.82 bits per heavy atom. The Labute approximate surface area is 136 Å². The maximum absolute atomic E-state index is 11.7. The number of fused-ring (bicyclic) bond motifs is 1. The lowest BCUT2D eigenvalue weighted by molar-refractivity contribution is -0.142. The monoisotopic (exact) mass is 365 g/mol. The average molecular weight is 366 g/mol. The molecule has 0 aliphatic heterocycles. The van der Waals surface area contributed by atoms with Gasteiger partial charge in [-0.25, -0.2) is 9.78 Å². The van der Waals surface area contributed by atoms with E-state index in [4.69, 9.17) is 10.5 Å². The lowest BCUT2D eigenvalue weighted by Gasteiger charge is -2.20. The summed E-state index contributed by atoms with van der Waals surface area (Å²) in [5.41, 5.74) is 5.44. The van der Waals surface area contributed by atoms with Gasteiger partial charge in [0.05, 0.1) is 13.0 Å². The van der Waals surface area contributed by atoms with Crippen LogP contribution in [0.1, 0.15) is 13.3 Å². The van der Waals surface area contributed by atoms with Gasteiger partial charge in [-0.05, 0) is 30.5 Å². The molecule has 0 bridgehead atoms. The van der Waals surface area contributed by atoms with Gasteiger partial charge in [-0.3, -0.25) is 9.69 Å². The normalized spacial score (nSPS) is 10.5. The lowest BCUT2D eigenvalue weighted by Crippen LogP contribution is -2.38. The fourth-order valence-corrected chi connectivity index (χ4v) is 2.46. The summed E-state index contributed by atoms with van der Waals surface area (Å²) in [6.07, 6.45) is 1.66. The van der Waals surface area contributed by atoms with Gasteiger partial charge in [0.15, 0.2) is 0 Å². The zero-order chi connectivity index (χ0) is 16.1. The quantitative estimate of drug-likeness (QED) is 0.825. The molecule has 1 aromatic carbocycles. The largest absolute Gasteiger partial charge is 0.466 e. The molecule has 6 nitrogen and oxygen atoms in total. The number of carbonyl (C=O) groups excluding carboxylic acids is 2. The number of hydrogen-bond acceptors (Lipinski definition) is 4. The molecule has 0 saturated heterocycles. The summed E-state index contributed by atoms with van der Waals surface area (Å²) >= 11 is 3.40. The van der Waals surface area contributed by atoms with Crippen LogP contribution in [0.4, 0.5) is 10.6 Å². The van der Waals surface area contributed by atoms with E-state index in [9.17, 15) is 9.59 Å². The molecule has 0 atom stereocenters. The summed E-state index contributed by atoms with van der Waals surface area (Å²) in [5, 5.41) is 1.70. The van der Waals surface area contributed by atoms with Gasteiger partial charge in [0.1, 0.15) is 5.82 Å². The number of ether oxygens (including phenoxy) is 1. The highest BCUT2D eigenvalue weighted by atomic mass is 79.9. The van der Waals surface area contributed by atoms with Crippen molar-refractivity contribution >= 4 is 44.5 Å². The van der Waals surface area contributed by atoms with Crippen molar-refractivity contribution in [1.82, 2.24) is 4.98 Å². The fourth-order valence-electron chi connectivity index (χ4n) is 2.10. The van der Waals surface area contributed by atoms with E-state index < -0.39 is 6.03 Å². The number of pyridine rings is 1. The molecule has 0 radical (unpaired) electrons. The molecule has 0 fully saturated rings. The predicted octanol–water partition coefficient (Wildman–Crippen LogP) is 2.84. The molecule has 1 aromatic heterocycles. The third-order valence-corrected chi connectivity index (χ3v) is 3.57. The molecule has 0 unspecified atom stereocenters. The van der Waals surface area contributed by atoms with Gasteiger partial charge in [0.2, 0.25) is 0 Å². The molecule has 2 amide bonds. The van der Waals surface area contributed by atoms with Crippen molar-refractivity contribution in [2.24, 2.45) is 5.73 Å². The van der Waals surface area contributed by atoms with Crippen LogP contribution in [0.15, 0.2) is 34.9 Å². The maximum atomic E-state index is 11.7. The van der Waals surface area contributed by atoms with Crippen LogP contribution in [0.25, 0.3) is 10.8 Å². The average Bonchev–Trinajstić information content (AvgIpc) is 2.47. The molecule has 22 heavy (non-hydrogen) atoms. The highest BCUT2D eigenvalue weighted by Crippen LogP contribution is 2.27. The van der Waals surface area contributed by atoms with Crippen molar-refractivity contribution in [3.8, 4) is 0 Å². The first-order valence-corrected chi connectivity index (χ1v) is 7.59. The summed E-state index contributed by atoms with van der Waals surface area (Å²) in [5.74, 6) is 0.0470. The first kappa shape index (κ1) is 16.2. The number of primary amides is 1. The molecule has 0 aliphatic rings. The summed E-state index contributed by atoms with van der Waals surface area (Å²) in [7, 11) is 0. The molecular weight excluding hydrogens is 350 g/mol. The Morgan fingerprint density at radius 2 is 2.14 bits per heavy atom. The zero-order valence-electron chi connectivity index (χ0n) is 12.1. The summed E-state index contributed by atoms with van der Waals surface area (Å²) < 4.78 is 5.73. The van der Waals surface area contributed by atoms with Crippen molar-refractivity contribution in [3.63, 3.8) is 0 Å². The van der Waals surface area contributed by atoms with E-state index in [1.807, 2.05) is 24.3 Å². The van der Waals surface area contributed by atoms with Gasteiger partial charge in [-0.1, -0.05) is 22.0 Å². The first-order valence-electron chi connectivity index (χ1n) is 6.79. The number of anilines is 1. The first-order chi connectivity index (χ1) is 10.5. The highest BCUT2D eigenvalue weighted by molar-refractivity contribution is 9.10. The van der Waals surface area contributed by atoms with E-state index in [0.717, 1.165) is 15.2 Å². The summed E-state index contributed by atoms with van der Waals surface area (Å²) in [6, 6.07) is 6.85. The van der Waals surface area contributed by atoms with E-state index in [2.05, 4.69) is 20.9 Å². The standard InChI is InChI=1S/C15H16BrN3O3/c1-2-22-13(20)6-8-19(15(17)21)14-12-9-11(16)4-3-10(12)5-7-18-14/h3-5,7,9H,2,6,8H2,1H3,(H2,17,21). The van der Waals surface area contributed by atoms with Gasteiger partial charge in [-0.15, -0.1) is 0 Å². The molecule has 116 valence electrons. The second-order valence-electron chi connectivity index (χ2n) is 4.54. The molecule has 0 spiro atoms. The third kappa shape index (κ3) is 3.73. The fraction of sp³-hybridized carbons (Fsp3) is 0.267. The number of esters is 1. The maximum Gasteiger partial charge on any atom is 0.320 e.